The highest BCUT2D eigenvalue weighted by atomic mass is 16.5. The van der Waals surface area contributed by atoms with Crippen molar-refractivity contribution in [2.45, 2.75) is 12.0 Å². The maximum atomic E-state index is 12.1. The summed E-state index contributed by atoms with van der Waals surface area (Å²) in [6.45, 7) is -0.268. The summed E-state index contributed by atoms with van der Waals surface area (Å²) >= 11 is 0. The minimum Gasteiger partial charge on any atom is -0.480 e. The summed E-state index contributed by atoms with van der Waals surface area (Å²) in [5, 5.41) is 13.4. The van der Waals surface area contributed by atoms with Crippen molar-refractivity contribution in [3.8, 4) is 11.1 Å². The van der Waals surface area contributed by atoms with Gasteiger partial charge in [-0.1, -0.05) is 48.5 Å². The fourth-order valence-electron chi connectivity index (χ4n) is 4.09. The first-order valence-electron chi connectivity index (χ1n) is 10.9. The number of hydrogen-bond donors (Lipinski definition) is 3. The molecule has 0 saturated carbocycles. The van der Waals surface area contributed by atoms with E-state index in [4.69, 9.17) is 14.6 Å². The first-order valence-corrected chi connectivity index (χ1v) is 10.9. The Labute approximate surface area is 195 Å². The lowest BCUT2D eigenvalue weighted by Gasteiger charge is -2.38. The van der Waals surface area contributed by atoms with Crippen LogP contribution in [-0.2, 0) is 23.9 Å². The van der Waals surface area contributed by atoms with Gasteiger partial charge >= 0.3 is 12.1 Å². The molecule has 0 bridgehead atoms. The third-order valence-corrected chi connectivity index (χ3v) is 5.82. The largest absolute Gasteiger partial charge is 0.480 e. The van der Waals surface area contributed by atoms with Crippen LogP contribution >= 0.6 is 0 Å². The summed E-state index contributed by atoms with van der Waals surface area (Å²) in [6.07, 6.45) is -1.03. The third kappa shape index (κ3) is 5.34. The smallest absolute Gasteiger partial charge is 0.407 e. The van der Waals surface area contributed by atoms with Gasteiger partial charge in [-0.3, -0.25) is 9.59 Å². The second-order valence-corrected chi connectivity index (χ2v) is 8.08. The standard InChI is InChI=1S/C24H25N3O7/c28-21(25-10-22(29)27-11-15(12-27)33-14-23(30)31)9-26-24(32)34-13-20-18-7-3-1-5-16(18)17-6-2-4-8-19(17)20/h1-8,15,20H,9-14H2,(H,25,28)(H,26,32)(H,30,31). The van der Waals surface area contributed by atoms with Crippen LogP contribution in [0, 0.1) is 0 Å². The summed E-state index contributed by atoms with van der Waals surface area (Å²) < 4.78 is 10.4. The SMILES string of the molecule is O=C(O)COC1CN(C(=O)CNC(=O)CNC(=O)OCC2c3ccccc3-c3ccccc32)C1. The predicted octanol–water partition coefficient (Wildman–Crippen LogP) is 0.953. The second-order valence-electron chi connectivity index (χ2n) is 8.08. The summed E-state index contributed by atoms with van der Waals surface area (Å²) in [5.41, 5.74) is 4.43. The minimum absolute atomic E-state index is 0.0792. The molecule has 0 aromatic heterocycles. The van der Waals surface area contributed by atoms with Crippen LogP contribution < -0.4 is 10.6 Å². The van der Waals surface area contributed by atoms with Crippen LogP contribution in [-0.4, -0.2) is 79.4 Å². The van der Waals surface area contributed by atoms with E-state index >= 15 is 0 Å². The molecule has 0 spiro atoms. The molecule has 1 heterocycles. The summed E-state index contributed by atoms with van der Waals surface area (Å²) in [7, 11) is 0. The van der Waals surface area contributed by atoms with E-state index in [0.717, 1.165) is 22.3 Å². The Morgan fingerprint density at radius 2 is 1.53 bits per heavy atom. The molecular formula is C24H25N3O7. The Morgan fingerprint density at radius 3 is 2.15 bits per heavy atom. The van der Waals surface area contributed by atoms with Crippen molar-refractivity contribution in [2.24, 2.45) is 0 Å². The summed E-state index contributed by atoms with van der Waals surface area (Å²) in [5.74, 6) is -1.99. The van der Waals surface area contributed by atoms with Gasteiger partial charge in [0.05, 0.1) is 12.6 Å². The van der Waals surface area contributed by atoms with Crippen LogP contribution in [0.4, 0.5) is 4.79 Å². The third-order valence-electron chi connectivity index (χ3n) is 5.82. The zero-order valence-corrected chi connectivity index (χ0v) is 18.4. The van der Waals surface area contributed by atoms with Crippen molar-refractivity contribution in [2.75, 3.05) is 39.4 Å². The highest BCUT2D eigenvalue weighted by Gasteiger charge is 2.32. The van der Waals surface area contributed by atoms with E-state index < -0.39 is 24.6 Å². The Kier molecular flexibility index (Phi) is 7.07. The highest BCUT2D eigenvalue weighted by molar-refractivity contribution is 5.87. The van der Waals surface area contributed by atoms with Crippen LogP contribution in [0.25, 0.3) is 11.1 Å². The van der Waals surface area contributed by atoms with Gasteiger partial charge in [0.25, 0.3) is 0 Å². The molecule has 3 amide bonds. The lowest BCUT2D eigenvalue weighted by atomic mass is 9.98. The summed E-state index contributed by atoms with van der Waals surface area (Å²) in [6, 6.07) is 16.0. The molecule has 10 heteroatoms. The van der Waals surface area contributed by atoms with Crippen molar-refractivity contribution in [1.82, 2.24) is 15.5 Å². The first kappa shape index (κ1) is 23.2. The van der Waals surface area contributed by atoms with Crippen molar-refractivity contribution in [1.29, 1.82) is 0 Å². The van der Waals surface area contributed by atoms with E-state index in [9.17, 15) is 19.2 Å². The van der Waals surface area contributed by atoms with E-state index in [1.54, 1.807) is 0 Å². The van der Waals surface area contributed by atoms with Gasteiger partial charge in [-0.15, -0.1) is 0 Å². The minimum atomic E-state index is -1.07. The van der Waals surface area contributed by atoms with Gasteiger partial charge < -0.3 is 30.1 Å². The molecule has 178 valence electrons. The number of rotatable bonds is 9. The van der Waals surface area contributed by atoms with Gasteiger partial charge in [-0.25, -0.2) is 9.59 Å². The monoisotopic (exact) mass is 467 g/mol. The number of benzene rings is 2. The van der Waals surface area contributed by atoms with Crippen LogP contribution in [0.5, 0.6) is 0 Å². The number of amides is 3. The molecule has 4 rings (SSSR count). The number of likely N-dealkylation sites (tertiary alicyclic amines) is 1. The van der Waals surface area contributed by atoms with Crippen LogP contribution in [0.3, 0.4) is 0 Å². The van der Waals surface area contributed by atoms with E-state index in [-0.39, 0.29) is 50.7 Å². The maximum Gasteiger partial charge on any atom is 0.407 e. The van der Waals surface area contributed by atoms with Crippen LogP contribution in [0.15, 0.2) is 48.5 Å². The summed E-state index contributed by atoms with van der Waals surface area (Å²) in [4.78, 5) is 48.0. The fraction of sp³-hybridized carbons (Fsp3) is 0.333. The van der Waals surface area contributed by atoms with Gasteiger partial charge in [-0.2, -0.15) is 0 Å². The molecule has 1 aliphatic heterocycles. The predicted molar refractivity (Wildman–Crippen MR) is 120 cm³/mol. The van der Waals surface area contributed by atoms with Gasteiger partial charge in [0.1, 0.15) is 19.8 Å². The molecule has 2 aromatic carbocycles. The molecule has 0 radical (unpaired) electrons. The molecule has 10 nitrogen and oxygen atoms in total. The zero-order valence-electron chi connectivity index (χ0n) is 18.4. The average Bonchev–Trinajstić information content (AvgIpc) is 3.12. The average molecular weight is 467 g/mol. The molecule has 2 aromatic rings. The zero-order chi connectivity index (χ0) is 24.1. The van der Waals surface area contributed by atoms with Crippen LogP contribution in [0.1, 0.15) is 17.0 Å². The van der Waals surface area contributed by atoms with Gasteiger partial charge in [-0.05, 0) is 22.3 Å². The molecule has 0 unspecified atom stereocenters. The first-order chi connectivity index (χ1) is 16.4. The molecule has 2 aliphatic rings. The molecule has 1 fully saturated rings. The number of hydrogen-bond acceptors (Lipinski definition) is 6. The van der Waals surface area contributed by atoms with E-state index in [0.29, 0.717) is 0 Å². The van der Waals surface area contributed by atoms with Crippen molar-refractivity contribution in [3.63, 3.8) is 0 Å². The molecule has 34 heavy (non-hydrogen) atoms. The molecule has 0 atom stereocenters. The van der Waals surface area contributed by atoms with Gasteiger partial charge in [0.2, 0.25) is 11.8 Å². The van der Waals surface area contributed by atoms with Crippen LogP contribution in [0.2, 0.25) is 0 Å². The van der Waals surface area contributed by atoms with Gasteiger partial charge in [0, 0.05) is 19.0 Å². The number of carboxylic acid groups (broad SMARTS) is 1. The number of nitrogens with zero attached hydrogens (tertiary/aromatic N) is 1. The van der Waals surface area contributed by atoms with Crippen molar-refractivity contribution in [3.05, 3.63) is 59.7 Å². The Balaban J connectivity index is 1.16. The molecule has 1 saturated heterocycles. The fourth-order valence-corrected chi connectivity index (χ4v) is 4.09. The number of alkyl carbamates (subject to hydrolysis) is 1. The highest BCUT2D eigenvalue weighted by Crippen LogP contribution is 2.44. The van der Waals surface area contributed by atoms with Crippen molar-refractivity contribution < 1.29 is 33.8 Å². The van der Waals surface area contributed by atoms with Crippen molar-refractivity contribution >= 4 is 23.9 Å². The number of nitrogens with one attached hydrogen (secondary N) is 2. The topological polar surface area (TPSA) is 134 Å². The maximum absolute atomic E-state index is 12.1. The second kappa shape index (κ2) is 10.3. The number of fused-ring (bicyclic) bond motifs is 3. The Bertz CT molecular complexity index is 1050. The quantitative estimate of drug-likeness (QED) is 0.500. The lowest BCUT2D eigenvalue weighted by molar-refractivity contribution is -0.154. The number of aliphatic carboxylic acids is 1. The van der Waals surface area contributed by atoms with E-state index in [2.05, 4.69) is 10.6 Å². The number of carbonyl (C=O) groups excluding carboxylic acids is 3. The molecular weight excluding hydrogens is 442 g/mol. The molecule has 3 N–H and O–H groups in total. The number of ether oxygens (including phenoxy) is 2. The van der Waals surface area contributed by atoms with Gasteiger partial charge in [0.15, 0.2) is 0 Å². The normalized spacial score (nSPS) is 14.5. The number of carboxylic acids is 1. The Morgan fingerprint density at radius 1 is 0.912 bits per heavy atom. The van der Waals surface area contributed by atoms with E-state index in [1.165, 1.54) is 4.90 Å². The van der Waals surface area contributed by atoms with E-state index in [1.807, 2.05) is 48.5 Å². The molecule has 1 aliphatic carbocycles. The Hall–Kier alpha value is -3.92. The lowest BCUT2D eigenvalue weighted by Crippen LogP contribution is -2.57. The number of carbonyl (C=O) groups is 4.